The number of rotatable bonds is 5. The third kappa shape index (κ3) is 4.26. The molecule has 6 nitrogen and oxygen atoms in total. The fraction of sp³-hybridized carbons (Fsp3) is 0.188. The molecule has 7 heteroatoms. The Kier molecular flexibility index (Phi) is 4.90. The number of anilines is 1. The van der Waals surface area contributed by atoms with Gasteiger partial charge < -0.3 is 15.0 Å². The smallest absolute Gasteiger partial charge is 0.355 e. The van der Waals surface area contributed by atoms with Crippen molar-refractivity contribution in [3.63, 3.8) is 0 Å². The molecule has 0 aliphatic rings. The van der Waals surface area contributed by atoms with E-state index in [0.717, 1.165) is 0 Å². The fourth-order valence-electron chi connectivity index (χ4n) is 1.77. The van der Waals surface area contributed by atoms with Crippen LogP contribution in [0, 0.1) is 5.82 Å². The number of H-pyrrole nitrogens is 1. The van der Waals surface area contributed by atoms with E-state index in [0.29, 0.717) is 11.3 Å². The predicted octanol–water partition coefficient (Wildman–Crippen LogP) is 2.54. The van der Waals surface area contributed by atoms with Crippen molar-refractivity contribution in [1.82, 2.24) is 4.98 Å². The molecule has 1 atom stereocenters. The highest BCUT2D eigenvalue weighted by molar-refractivity contribution is 5.99. The van der Waals surface area contributed by atoms with Gasteiger partial charge in [-0.15, -0.1) is 0 Å². The van der Waals surface area contributed by atoms with Crippen molar-refractivity contribution in [1.29, 1.82) is 0 Å². The average Bonchev–Trinajstić information content (AvgIpc) is 2.99. The first kappa shape index (κ1) is 16.4. The van der Waals surface area contributed by atoms with Gasteiger partial charge in [-0.05, 0) is 44.2 Å². The van der Waals surface area contributed by atoms with E-state index >= 15 is 0 Å². The van der Waals surface area contributed by atoms with Gasteiger partial charge in [0.25, 0.3) is 5.91 Å². The molecular formula is C16H15FN2O4. The third-order valence-electron chi connectivity index (χ3n) is 3.07. The van der Waals surface area contributed by atoms with Gasteiger partial charge in [0.2, 0.25) is 0 Å². The van der Waals surface area contributed by atoms with Crippen molar-refractivity contribution in [2.45, 2.75) is 20.0 Å². The minimum absolute atomic E-state index is 0.0802. The van der Waals surface area contributed by atoms with Crippen LogP contribution >= 0.6 is 0 Å². The monoisotopic (exact) mass is 318 g/mol. The number of nitrogens with one attached hydrogen (secondary N) is 2. The van der Waals surface area contributed by atoms with E-state index in [4.69, 9.17) is 4.74 Å². The van der Waals surface area contributed by atoms with Crippen LogP contribution in [0.2, 0.25) is 0 Å². The first-order chi connectivity index (χ1) is 10.9. The van der Waals surface area contributed by atoms with Gasteiger partial charge in [-0.2, -0.15) is 0 Å². The number of Topliss-reactive ketones (excluding diaryl/α,β-unsaturated/α-hetero) is 1. The molecule has 2 rings (SSSR count). The molecule has 0 saturated heterocycles. The molecule has 1 aromatic carbocycles. The summed E-state index contributed by atoms with van der Waals surface area (Å²) in [6.45, 7) is 2.78. The van der Waals surface area contributed by atoms with Gasteiger partial charge in [0, 0.05) is 17.4 Å². The highest BCUT2D eigenvalue weighted by Gasteiger charge is 2.20. The summed E-state index contributed by atoms with van der Waals surface area (Å²) in [6, 6.07) is 6.55. The molecule has 1 amide bonds. The molecule has 2 aromatic rings. The van der Waals surface area contributed by atoms with Crippen molar-refractivity contribution < 1.29 is 23.5 Å². The normalized spacial score (nSPS) is 11.6. The molecule has 2 N–H and O–H groups in total. The number of ether oxygens (including phenoxy) is 1. The summed E-state index contributed by atoms with van der Waals surface area (Å²) in [5.41, 5.74) is 0.815. The van der Waals surface area contributed by atoms with Gasteiger partial charge in [0.15, 0.2) is 11.9 Å². The van der Waals surface area contributed by atoms with E-state index in [1.807, 2.05) is 0 Å². The summed E-state index contributed by atoms with van der Waals surface area (Å²) in [5.74, 6) is -1.92. The lowest BCUT2D eigenvalue weighted by molar-refractivity contribution is -0.123. The maximum Gasteiger partial charge on any atom is 0.355 e. The molecule has 0 unspecified atom stereocenters. The number of esters is 1. The molecule has 0 saturated carbocycles. The lowest BCUT2D eigenvalue weighted by Crippen LogP contribution is -2.30. The topological polar surface area (TPSA) is 88.3 Å². The van der Waals surface area contributed by atoms with Crippen LogP contribution < -0.4 is 5.32 Å². The Hall–Kier alpha value is -2.96. The number of ketones is 1. The molecule has 1 aromatic heterocycles. The number of halogens is 1. The van der Waals surface area contributed by atoms with E-state index in [1.165, 1.54) is 50.4 Å². The predicted molar refractivity (Wildman–Crippen MR) is 80.7 cm³/mol. The summed E-state index contributed by atoms with van der Waals surface area (Å²) in [7, 11) is 0. The van der Waals surface area contributed by atoms with Crippen LogP contribution in [0.4, 0.5) is 10.1 Å². The molecule has 1 heterocycles. The Morgan fingerprint density at radius 1 is 1.22 bits per heavy atom. The van der Waals surface area contributed by atoms with E-state index in [-0.39, 0.29) is 11.5 Å². The maximum atomic E-state index is 12.8. The van der Waals surface area contributed by atoms with Crippen LogP contribution in [-0.2, 0) is 9.53 Å². The number of hydrogen-bond donors (Lipinski definition) is 2. The van der Waals surface area contributed by atoms with Gasteiger partial charge in [-0.25, -0.2) is 9.18 Å². The Balaban J connectivity index is 1.95. The van der Waals surface area contributed by atoms with Gasteiger partial charge in [0.1, 0.15) is 11.5 Å². The second-order valence-corrected chi connectivity index (χ2v) is 4.90. The van der Waals surface area contributed by atoms with Gasteiger partial charge >= 0.3 is 5.97 Å². The summed E-state index contributed by atoms with van der Waals surface area (Å²) in [6.07, 6.45) is 0.332. The van der Waals surface area contributed by atoms with Crippen LogP contribution in [0.15, 0.2) is 36.5 Å². The van der Waals surface area contributed by atoms with E-state index in [9.17, 15) is 18.8 Å². The van der Waals surface area contributed by atoms with Gasteiger partial charge in [-0.1, -0.05) is 0 Å². The zero-order valence-electron chi connectivity index (χ0n) is 12.6. The minimum Gasteiger partial charge on any atom is -0.448 e. The van der Waals surface area contributed by atoms with Gasteiger partial charge in [-0.3, -0.25) is 9.59 Å². The summed E-state index contributed by atoms with van der Waals surface area (Å²) < 4.78 is 17.8. The first-order valence-electron chi connectivity index (χ1n) is 6.83. The molecule has 0 bridgehead atoms. The van der Waals surface area contributed by atoms with Crippen molar-refractivity contribution in [3.05, 3.63) is 53.6 Å². The number of aromatic amines is 1. The fourth-order valence-corrected chi connectivity index (χ4v) is 1.77. The van der Waals surface area contributed by atoms with Crippen molar-refractivity contribution in [3.8, 4) is 0 Å². The number of benzene rings is 1. The number of carbonyl (C=O) groups is 3. The Morgan fingerprint density at radius 2 is 1.87 bits per heavy atom. The minimum atomic E-state index is -1.06. The number of hydrogen-bond acceptors (Lipinski definition) is 4. The Bertz CT molecular complexity index is 737. The van der Waals surface area contributed by atoms with Gasteiger partial charge in [0.05, 0.1) is 0 Å². The highest BCUT2D eigenvalue weighted by atomic mass is 19.1. The number of amides is 1. The molecule has 0 spiro atoms. The summed E-state index contributed by atoms with van der Waals surface area (Å²) >= 11 is 0. The average molecular weight is 318 g/mol. The molecular weight excluding hydrogens is 303 g/mol. The quantitative estimate of drug-likeness (QED) is 0.655. The van der Waals surface area contributed by atoms with E-state index < -0.39 is 23.8 Å². The molecule has 23 heavy (non-hydrogen) atoms. The zero-order chi connectivity index (χ0) is 17.0. The van der Waals surface area contributed by atoms with Crippen molar-refractivity contribution in [2.24, 2.45) is 0 Å². The summed E-state index contributed by atoms with van der Waals surface area (Å²) in [4.78, 5) is 37.6. The molecule has 0 fully saturated rings. The lowest BCUT2D eigenvalue weighted by atomic mass is 10.2. The molecule has 0 aliphatic carbocycles. The molecule has 120 valence electrons. The second-order valence-electron chi connectivity index (χ2n) is 4.90. The zero-order valence-corrected chi connectivity index (χ0v) is 12.6. The standard InChI is InChI=1S/C16H15FN2O4/c1-9(20)11-7-14(18-8-11)16(22)23-10(2)15(21)19-13-5-3-12(17)4-6-13/h3-8,10,18H,1-2H3,(H,19,21)/t10-/m0/s1. The van der Waals surface area contributed by atoms with Crippen molar-refractivity contribution >= 4 is 23.3 Å². The van der Waals surface area contributed by atoms with E-state index in [1.54, 1.807) is 0 Å². The Labute approximate surface area is 131 Å². The van der Waals surface area contributed by atoms with Crippen LogP contribution in [0.1, 0.15) is 34.7 Å². The lowest BCUT2D eigenvalue weighted by Gasteiger charge is -2.13. The number of carbonyl (C=O) groups excluding carboxylic acids is 3. The molecule has 0 aliphatic heterocycles. The molecule has 0 radical (unpaired) electrons. The van der Waals surface area contributed by atoms with Crippen LogP contribution in [-0.4, -0.2) is 28.7 Å². The number of aromatic nitrogens is 1. The first-order valence-corrected chi connectivity index (χ1v) is 6.83. The summed E-state index contributed by atoms with van der Waals surface area (Å²) in [5, 5.41) is 2.50. The van der Waals surface area contributed by atoms with Crippen LogP contribution in [0.3, 0.4) is 0 Å². The highest BCUT2D eigenvalue weighted by Crippen LogP contribution is 2.11. The van der Waals surface area contributed by atoms with E-state index in [2.05, 4.69) is 10.3 Å². The van der Waals surface area contributed by atoms with Crippen molar-refractivity contribution in [2.75, 3.05) is 5.32 Å². The third-order valence-corrected chi connectivity index (χ3v) is 3.07. The maximum absolute atomic E-state index is 12.8. The van der Waals surface area contributed by atoms with Crippen LogP contribution in [0.25, 0.3) is 0 Å². The SMILES string of the molecule is CC(=O)c1c[nH]c(C(=O)O[C@@H](C)C(=O)Nc2ccc(F)cc2)c1. The second kappa shape index (κ2) is 6.87. The Morgan fingerprint density at radius 3 is 2.43 bits per heavy atom. The largest absolute Gasteiger partial charge is 0.448 e. The van der Waals surface area contributed by atoms with Crippen LogP contribution in [0.5, 0.6) is 0 Å².